The average molecular weight is 306 g/mol. The van der Waals surface area contributed by atoms with E-state index in [1.165, 1.54) is 0 Å². The molecule has 1 heterocycles. The summed E-state index contributed by atoms with van der Waals surface area (Å²) in [5.74, 6) is -3.81. The number of alkyl halides is 3. The number of nitrogens with zero attached hydrogens (tertiary/aromatic N) is 1. The molecule has 0 aliphatic heterocycles. The van der Waals surface area contributed by atoms with E-state index in [1.807, 2.05) is 0 Å². The van der Waals surface area contributed by atoms with E-state index in [1.54, 1.807) is 0 Å². The van der Waals surface area contributed by atoms with Gasteiger partial charge >= 0.3 is 6.36 Å². The minimum atomic E-state index is -4.82. The summed E-state index contributed by atoms with van der Waals surface area (Å²) < 4.78 is 70.8. The maximum absolute atomic E-state index is 13.4. The Morgan fingerprint density at radius 3 is 2.10 bits per heavy atom. The van der Waals surface area contributed by atoms with Gasteiger partial charge in [0.25, 0.3) is 5.88 Å². The topological polar surface area (TPSA) is 57.4 Å². The number of ether oxygens (including phenoxy) is 2. The molecule has 0 saturated carbocycles. The number of anilines is 1. The van der Waals surface area contributed by atoms with Crippen molar-refractivity contribution in [1.82, 2.24) is 4.98 Å². The summed E-state index contributed by atoms with van der Waals surface area (Å²) in [6.07, 6.45) is -4.82. The fraction of sp³-hybridized carbons (Fsp3) is 0.0833. The second kappa shape index (κ2) is 5.43. The first-order valence-corrected chi connectivity index (χ1v) is 5.40. The van der Waals surface area contributed by atoms with Crippen LogP contribution in [0.2, 0.25) is 0 Å². The second-order valence-corrected chi connectivity index (χ2v) is 3.76. The second-order valence-electron chi connectivity index (χ2n) is 3.76. The molecule has 0 unspecified atom stereocenters. The van der Waals surface area contributed by atoms with Gasteiger partial charge in [0.2, 0.25) is 0 Å². The summed E-state index contributed by atoms with van der Waals surface area (Å²) in [4.78, 5) is 3.34. The van der Waals surface area contributed by atoms with E-state index >= 15 is 0 Å². The Balaban J connectivity index is 2.16. The molecule has 2 aromatic rings. The molecule has 0 fully saturated rings. The average Bonchev–Trinajstić information content (AvgIpc) is 2.36. The van der Waals surface area contributed by atoms with Crippen LogP contribution < -0.4 is 15.2 Å². The summed E-state index contributed by atoms with van der Waals surface area (Å²) in [7, 11) is 0. The third-order valence-electron chi connectivity index (χ3n) is 2.20. The molecule has 0 bridgehead atoms. The van der Waals surface area contributed by atoms with Crippen molar-refractivity contribution in [2.75, 3.05) is 5.73 Å². The molecule has 4 nitrogen and oxygen atoms in total. The number of aromatic nitrogens is 1. The molecule has 21 heavy (non-hydrogen) atoms. The molecule has 0 radical (unpaired) electrons. The van der Waals surface area contributed by atoms with Gasteiger partial charge in [-0.15, -0.1) is 13.2 Å². The van der Waals surface area contributed by atoms with Gasteiger partial charge in [-0.25, -0.2) is 8.78 Å². The standard InChI is InChI=1S/C12H7F5N2O2/c13-8-5-9(14)11(19-10(8)18)20-6-1-3-7(4-2-6)21-12(15,16)17/h1-5H,(H2,18,19). The van der Waals surface area contributed by atoms with Crippen molar-refractivity contribution in [1.29, 1.82) is 0 Å². The van der Waals surface area contributed by atoms with Crippen LogP contribution in [0.25, 0.3) is 0 Å². The number of pyridine rings is 1. The summed E-state index contributed by atoms with van der Waals surface area (Å²) in [6.45, 7) is 0. The van der Waals surface area contributed by atoms with E-state index in [0.29, 0.717) is 6.07 Å². The minimum absolute atomic E-state index is 0.0260. The normalized spacial score (nSPS) is 11.3. The zero-order valence-corrected chi connectivity index (χ0v) is 10.1. The van der Waals surface area contributed by atoms with Crippen LogP contribution in [0, 0.1) is 11.6 Å². The predicted octanol–water partition coefficient (Wildman–Crippen LogP) is 3.63. The number of benzene rings is 1. The molecule has 112 valence electrons. The van der Waals surface area contributed by atoms with Gasteiger partial charge in [0.05, 0.1) is 0 Å². The third-order valence-corrected chi connectivity index (χ3v) is 2.20. The highest BCUT2D eigenvalue weighted by Crippen LogP contribution is 2.28. The molecule has 9 heteroatoms. The van der Waals surface area contributed by atoms with Crippen molar-refractivity contribution < 1.29 is 31.4 Å². The highest BCUT2D eigenvalue weighted by molar-refractivity contribution is 5.38. The van der Waals surface area contributed by atoms with Gasteiger partial charge in [0.15, 0.2) is 17.5 Å². The Morgan fingerprint density at radius 1 is 0.952 bits per heavy atom. The van der Waals surface area contributed by atoms with Crippen LogP contribution in [-0.4, -0.2) is 11.3 Å². The number of rotatable bonds is 3. The van der Waals surface area contributed by atoms with Gasteiger partial charge in [-0.1, -0.05) is 0 Å². The largest absolute Gasteiger partial charge is 0.573 e. The Labute approximate surface area is 114 Å². The molecule has 1 aromatic carbocycles. The smallest absolute Gasteiger partial charge is 0.436 e. The Bertz CT molecular complexity index is 643. The highest BCUT2D eigenvalue weighted by Gasteiger charge is 2.31. The number of halogens is 5. The van der Waals surface area contributed by atoms with Crippen LogP contribution in [0.15, 0.2) is 30.3 Å². The van der Waals surface area contributed by atoms with Crippen LogP contribution in [0.4, 0.5) is 27.8 Å². The molecule has 2 rings (SSSR count). The summed E-state index contributed by atoms with van der Waals surface area (Å²) in [6, 6.07) is 4.61. The van der Waals surface area contributed by atoms with Gasteiger partial charge < -0.3 is 15.2 Å². The van der Waals surface area contributed by atoms with Gasteiger partial charge in [-0.05, 0) is 24.3 Å². The fourth-order valence-corrected chi connectivity index (χ4v) is 1.36. The fourth-order valence-electron chi connectivity index (χ4n) is 1.36. The lowest BCUT2D eigenvalue weighted by Crippen LogP contribution is -2.16. The number of hydrogen-bond donors (Lipinski definition) is 1. The van der Waals surface area contributed by atoms with E-state index in [4.69, 9.17) is 10.5 Å². The van der Waals surface area contributed by atoms with E-state index in [-0.39, 0.29) is 5.75 Å². The highest BCUT2D eigenvalue weighted by atomic mass is 19.4. The SMILES string of the molecule is Nc1nc(Oc2ccc(OC(F)(F)F)cc2)c(F)cc1F. The van der Waals surface area contributed by atoms with Crippen LogP contribution in [0.3, 0.4) is 0 Å². The van der Waals surface area contributed by atoms with Crippen LogP contribution in [-0.2, 0) is 0 Å². The van der Waals surface area contributed by atoms with Crippen LogP contribution in [0.1, 0.15) is 0 Å². The van der Waals surface area contributed by atoms with Gasteiger partial charge in [0, 0.05) is 6.07 Å². The minimum Gasteiger partial charge on any atom is -0.436 e. The molecule has 1 aromatic heterocycles. The summed E-state index contributed by atoms with van der Waals surface area (Å²) >= 11 is 0. The zero-order valence-electron chi connectivity index (χ0n) is 10.1. The number of nitrogens with two attached hydrogens (primary N) is 1. The van der Waals surface area contributed by atoms with Crippen molar-refractivity contribution >= 4 is 5.82 Å². The lowest BCUT2D eigenvalue weighted by molar-refractivity contribution is -0.274. The van der Waals surface area contributed by atoms with Crippen molar-refractivity contribution in [2.24, 2.45) is 0 Å². The quantitative estimate of drug-likeness (QED) is 0.880. The maximum Gasteiger partial charge on any atom is 0.573 e. The van der Waals surface area contributed by atoms with Gasteiger partial charge in [0.1, 0.15) is 11.5 Å². The van der Waals surface area contributed by atoms with Gasteiger partial charge in [-0.3, -0.25) is 0 Å². The molecule has 0 saturated heterocycles. The molecule has 0 amide bonds. The summed E-state index contributed by atoms with van der Waals surface area (Å²) in [5.41, 5.74) is 5.16. The first-order valence-electron chi connectivity index (χ1n) is 5.40. The van der Waals surface area contributed by atoms with E-state index in [0.717, 1.165) is 24.3 Å². The van der Waals surface area contributed by atoms with Crippen molar-refractivity contribution in [3.63, 3.8) is 0 Å². The van der Waals surface area contributed by atoms with Crippen LogP contribution >= 0.6 is 0 Å². The lowest BCUT2D eigenvalue weighted by atomic mass is 10.3. The lowest BCUT2D eigenvalue weighted by Gasteiger charge is -2.10. The van der Waals surface area contributed by atoms with Crippen molar-refractivity contribution in [3.05, 3.63) is 42.0 Å². The third kappa shape index (κ3) is 3.94. The van der Waals surface area contributed by atoms with Crippen molar-refractivity contribution in [3.8, 4) is 17.4 Å². The van der Waals surface area contributed by atoms with E-state index < -0.39 is 35.4 Å². The Kier molecular flexibility index (Phi) is 3.83. The van der Waals surface area contributed by atoms with E-state index in [2.05, 4.69) is 9.72 Å². The molecule has 0 aliphatic rings. The summed E-state index contributed by atoms with van der Waals surface area (Å²) in [5, 5.41) is 0. The van der Waals surface area contributed by atoms with Gasteiger partial charge in [-0.2, -0.15) is 4.98 Å². The molecular weight excluding hydrogens is 299 g/mol. The Morgan fingerprint density at radius 2 is 1.52 bits per heavy atom. The molecule has 0 spiro atoms. The van der Waals surface area contributed by atoms with Crippen LogP contribution in [0.5, 0.6) is 17.4 Å². The number of nitrogen functional groups attached to an aromatic ring is 1. The maximum atomic E-state index is 13.4. The van der Waals surface area contributed by atoms with E-state index in [9.17, 15) is 22.0 Å². The predicted molar refractivity (Wildman–Crippen MR) is 61.8 cm³/mol. The molecule has 2 N–H and O–H groups in total. The molecule has 0 atom stereocenters. The first kappa shape index (κ1) is 14.8. The molecule has 0 aliphatic carbocycles. The first-order chi connectivity index (χ1) is 9.74. The van der Waals surface area contributed by atoms with Crippen molar-refractivity contribution in [2.45, 2.75) is 6.36 Å². The Hall–Kier alpha value is -2.58. The monoisotopic (exact) mass is 306 g/mol. The molecular formula is C12H7F5N2O2. The zero-order chi connectivity index (χ0) is 15.6. The number of hydrogen-bond acceptors (Lipinski definition) is 4.